The molecule has 0 saturated heterocycles. The van der Waals surface area contributed by atoms with Gasteiger partial charge in [0, 0.05) is 0 Å². The standard InChI is InChI=1S/C15H13Br2F/c1-10-2-4-11(5-3-10)14(16)15(17)12-6-8-13(18)9-7-12/h2-9,14-15H,1H3/t14-,15+/m1/s1. The summed E-state index contributed by atoms with van der Waals surface area (Å²) in [4.78, 5) is 0.268. The van der Waals surface area contributed by atoms with E-state index in [9.17, 15) is 4.39 Å². The number of aryl methyl sites for hydroxylation is 1. The van der Waals surface area contributed by atoms with Crippen LogP contribution in [0.1, 0.15) is 26.3 Å². The third kappa shape index (κ3) is 3.21. The topological polar surface area (TPSA) is 0 Å². The van der Waals surface area contributed by atoms with Crippen LogP contribution in [0.5, 0.6) is 0 Å². The van der Waals surface area contributed by atoms with Crippen molar-refractivity contribution in [2.75, 3.05) is 0 Å². The molecule has 0 aliphatic rings. The van der Waals surface area contributed by atoms with E-state index in [2.05, 4.69) is 63.0 Å². The van der Waals surface area contributed by atoms with E-state index in [1.165, 1.54) is 23.3 Å². The normalized spacial score (nSPS) is 14.2. The first kappa shape index (κ1) is 13.8. The molecular weight excluding hydrogens is 359 g/mol. The van der Waals surface area contributed by atoms with Crippen molar-refractivity contribution in [3.8, 4) is 0 Å². The molecule has 0 bridgehead atoms. The van der Waals surface area contributed by atoms with Gasteiger partial charge in [-0.05, 0) is 30.2 Å². The van der Waals surface area contributed by atoms with Gasteiger partial charge in [-0.2, -0.15) is 0 Å². The highest BCUT2D eigenvalue weighted by Crippen LogP contribution is 2.42. The summed E-state index contributed by atoms with van der Waals surface area (Å²) in [7, 11) is 0. The number of benzene rings is 2. The molecule has 0 spiro atoms. The lowest BCUT2D eigenvalue weighted by Gasteiger charge is -2.17. The van der Waals surface area contributed by atoms with Crippen molar-refractivity contribution in [2.24, 2.45) is 0 Å². The lowest BCUT2D eigenvalue weighted by molar-refractivity contribution is 0.627. The highest BCUT2D eigenvalue weighted by molar-refractivity contribution is 9.12. The van der Waals surface area contributed by atoms with Gasteiger partial charge in [-0.1, -0.05) is 73.8 Å². The molecule has 94 valence electrons. The Balaban J connectivity index is 2.20. The van der Waals surface area contributed by atoms with E-state index >= 15 is 0 Å². The summed E-state index contributed by atoms with van der Waals surface area (Å²) in [5.41, 5.74) is 3.50. The van der Waals surface area contributed by atoms with E-state index in [1.54, 1.807) is 12.1 Å². The molecule has 2 aromatic carbocycles. The van der Waals surface area contributed by atoms with Crippen LogP contribution in [0.4, 0.5) is 4.39 Å². The second-order valence-electron chi connectivity index (χ2n) is 4.27. The molecule has 2 rings (SSSR count). The summed E-state index contributed by atoms with van der Waals surface area (Å²) in [6.45, 7) is 2.07. The Kier molecular flexibility index (Phi) is 4.57. The van der Waals surface area contributed by atoms with Crippen LogP contribution in [0.15, 0.2) is 48.5 Å². The molecule has 2 atom stereocenters. The van der Waals surface area contributed by atoms with Crippen LogP contribution in [0.3, 0.4) is 0 Å². The van der Waals surface area contributed by atoms with E-state index in [0.717, 1.165) is 5.56 Å². The number of rotatable bonds is 3. The summed E-state index contributed by atoms with van der Waals surface area (Å²) in [5, 5.41) is 0. The minimum atomic E-state index is -0.208. The number of hydrogen-bond donors (Lipinski definition) is 0. The highest BCUT2D eigenvalue weighted by Gasteiger charge is 2.19. The molecule has 0 saturated carbocycles. The maximum Gasteiger partial charge on any atom is 0.123 e. The zero-order valence-electron chi connectivity index (χ0n) is 9.91. The average molecular weight is 372 g/mol. The molecule has 0 radical (unpaired) electrons. The smallest absolute Gasteiger partial charge is 0.123 e. The first-order chi connectivity index (χ1) is 8.58. The van der Waals surface area contributed by atoms with Gasteiger partial charge in [-0.15, -0.1) is 0 Å². The SMILES string of the molecule is Cc1ccc([C@@H](Br)[C@@H](Br)c2ccc(F)cc2)cc1. The van der Waals surface area contributed by atoms with Gasteiger partial charge in [0.25, 0.3) is 0 Å². The Labute approximate surface area is 123 Å². The van der Waals surface area contributed by atoms with Crippen molar-refractivity contribution in [1.82, 2.24) is 0 Å². The molecule has 0 aliphatic carbocycles. The molecular formula is C15H13Br2F. The first-order valence-electron chi connectivity index (χ1n) is 5.68. The maximum atomic E-state index is 12.9. The van der Waals surface area contributed by atoms with Crippen LogP contribution in [-0.4, -0.2) is 0 Å². The molecule has 0 aliphatic heterocycles. The number of alkyl halides is 2. The van der Waals surface area contributed by atoms with E-state index in [-0.39, 0.29) is 15.5 Å². The summed E-state index contributed by atoms with van der Waals surface area (Å²) in [6.07, 6.45) is 0. The van der Waals surface area contributed by atoms with Crippen molar-refractivity contribution >= 4 is 31.9 Å². The van der Waals surface area contributed by atoms with Gasteiger partial charge in [-0.25, -0.2) is 4.39 Å². The van der Waals surface area contributed by atoms with E-state index in [4.69, 9.17) is 0 Å². The van der Waals surface area contributed by atoms with Crippen LogP contribution < -0.4 is 0 Å². The Hall–Kier alpha value is -0.670. The number of halogens is 3. The van der Waals surface area contributed by atoms with Crippen LogP contribution in [-0.2, 0) is 0 Å². The molecule has 3 heteroatoms. The van der Waals surface area contributed by atoms with Crippen molar-refractivity contribution < 1.29 is 4.39 Å². The quantitative estimate of drug-likeness (QED) is 0.606. The molecule has 0 amide bonds. The predicted octanol–water partition coefficient (Wildman–Crippen LogP) is 5.71. The Morgan fingerprint density at radius 2 is 1.17 bits per heavy atom. The third-order valence-electron chi connectivity index (χ3n) is 2.84. The summed E-state index contributed by atoms with van der Waals surface area (Å²) in [6, 6.07) is 15.0. The van der Waals surface area contributed by atoms with Crippen LogP contribution >= 0.6 is 31.9 Å². The molecule has 0 aromatic heterocycles. The minimum absolute atomic E-state index is 0.112. The fourth-order valence-corrected chi connectivity index (χ4v) is 2.96. The number of hydrogen-bond acceptors (Lipinski definition) is 0. The molecule has 0 fully saturated rings. The maximum absolute atomic E-state index is 12.9. The lowest BCUT2D eigenvalue weighted by atomic mass is 10.0. The largest absolute Gasteiger partial charge is 0.207 e. The Morgan fingerprint density at radius 1 is 0.778 bits per heavy atom. The monoisotopic (exact) mass is 370 g/mol. The van der Waals surface area contributed by atoms with E-state index in [0.29, 0.717) is 0 Å². The molecule has 0 nitrogen and oxygen atoms in total. The summed E-state index contributed by atoms with van der Waals surface area (Å²) < 4.78 is 12.9. The first-order valence-corrected chi connectivity index (χ1v) is 7.51. The van der Waals surface area contributed by atoms with Crippen molar-refractivity contribution in [3.63, 3.8) is 0 Å². The van der Waals surface area contributed by atoms with Crippen LogP contribution in [0.25, 0.3) is 0 Å². The van der Waals surface area contributed by atoms with Crippen molar-refractivity contribution in [3.05, 3.63) is 71.0 Å². The fourth-order valence-electron chi connectivity index (χ4n) is 1.73. The van der Waals surface area contributed by atoms with Crippen LogP contribution in [0, 0.1) is 12.7 Å². The highest BCUT2D eigenvalue weighted by atomic mass is 79.9. The Morgan fingerprint density at radius 3 is 1.61 bits per heavy atom. The average Bonchev–Trinajstić information content (AvgIpc) is 2.39. The summed E-state index contributed by atoms with van der Waals surface area (Å²) >= 11 is 7.35. The molecule has 2 aromatic rings. The van der Waals surface area contributed by atoms with Gasteiger partial charge in [-0.3, -0.25) is 0 Å². The zero-order chi connectivity index (χ0) is 13.1. The molecule has 0 N–H and O–H groups in total. The van der Waals surface area contributed by atoms with Crippen molar-refractivity contribution in [1.29, 1.82) is 0 Å². The van der Waals surface area contributed by atoms with E-state index < -0.39 is 0 Å². The predicted molar refractivity (Wildman–Crippen MR) is 80.9 cm³/mol. The van der Waals surface area contributed by atoms with Crippen LogP contribution in [0.2, 0.25) is 0 Å². The molecule has 0 heterocycles. The van der Waals surface area contributed by atoms with Gasteiger partial charge in [0.15, 0.2) is 0 Å². The second-order valence-corrected chi connectivity index (χ2v) is 6.24. The van der Waals surface area contributed by atoms with Gasteiger partial charge in [0.2, 0.25) is 0 Å². The van der Waals surface area contributed by atoms with Gasteiger partial charge < -0.3 is 0 Å². The van der Waals surface area contributed by atoms with Gasteiger partial charge in [0.05, 0.1) is 9.65 Å². The third-order valence-corrected chi connectivity index (χ3v) is 5.67. The Bertz CT molecular complexity index is 456. The summed E-state index contributed by atoms with van der Waals surface area (Å²) in [5.74, 6) is -0.208. The molecule has 18 heavy (non-hydrogen) atoms. The molecule has 0 unspecified atom stereocenters. The zero-order valence-corrected chi connectivity index (χ0v) is 13.1. The van der Waals surface area contributed by atoms with Gasteiger partial charge in [0.1, 0.15) is 5.82 Å². The fraction of sp³-hybridized carbons (Fsp3) is 0.200. The minimum Gasteiger partial charge on any atom is -0.207 e. The lowest BCUT2D eigenvalue weighted by Crippen LogP contribution is -1.99. The second kappa shape index (κ2) is 5.98. The van der Waals surface area contributed by atoms with Crippen molar-refractivity contribution in [2.45, 2.75) is 16.6 Å². The van der Waals surface area contributed by atoms with E-state index in [1.807, 2.05) is 0 Å². The van der Waals surface area contributed by atoms with Gasteiger partial charge >= 0.3 is 0 Å².